The number of carbonyl (C=O) groups excluding carboxylic acids is 1. The van der Waals surface area contributed by atoms with Crippen molar-refractivity contribution in [3.63, 3.8) is 0 Å². The molecule has 0 saturated heterocycles. The third-order valence-electron chi connectivity index (χ3n) is 5.30. The molecule has 0 fully saturated rings. The van der Waals surface area contributed by atoms with Crippen molar-refractivity contribution in [3.8, 4) is 11.3 Å². The van der Waals surface area contributed by atoms with E-state index in [1.807, 2.05) is 50.2 Å². The van der Waals surface area contributed by atoms with Crippen LogP contribution in [0.15, 0.2) is 51.1 Å². The number of thioether (sulfide) groups is 1. The van der Waals surface area contributed by atoms with E-state index in [0.717, 1.165) is 44.4 Å². The van der Waals surface area contributed by atoms with Crippen LogP contribution in [0.4, 0.5) is 5.82 Å². The number of benzene rings is 1. The molecule has 0 saturated carbocycles. The minimum atomic E-state index is -0.815. The van der Waals surface area contributed by atoms with Gasteiger partial charge in [0, 0.05) is 12.7 Å². The third kappa shape index (κ3) is 4.39. The Balaban J connectivity index is 1.71. The largest absolute Gasteiger partial charge is 0.384 e. The van der Waals surface area contributed by atoms with E-state index in [1.54, 1.807) is 4.52 Å². The van der Waals surface area contributed by atoms with Gasteiger partial charge >= 0.3 is 5.69 Å². The number of aromatic amines is 1. The van der Waals surface area contributed by atoms with Crippen molar-refractivity contribution >= 4 is 28.9 Å². The molecule has 34 heavy (non-hydrogen) atoms. The van der Waals surface area contributed by atoms with Gasteiger partial charge in [0.2, 0.25) is 0 Å². The van der Waals surface area contributed by atoms with Gasteiger partial charge in [0.05, 0.1) is 35.8 Å². The number of nitrogens with two attached hydrogens (primary N) is 1. The molecule has 0 aliphatic rings. The number of ketones is 1. The van der Waals surface area contributed by atoms with Gasteiger partial charge in [-0.1, -0.05) is 42.1 Å². The Morgan fingerprint density at radius 1 is 1.21 bits per heavy atom. The average molecular weight is 481 g/mol. The lowest BCUT2D eigenvalue weighted by Crippen LogP contribution is -2.37. The fourth-order valence-electron chi connectivity index (χ4n) is 3.76. The molecule has 0 aliphatic carbocycles. The van der Waals surface area contributed by atoms with E-state index in [2.05, 4.69) is 10.1 Å². The molecule has 3 heterocycles. The van der Waals surface area contributed by atoms with E-state index >= 15 is 0 Å². The third-order valence-corrected chi connectivity index (χ3v) is 6.23. The molecule has 0 unspecified atom stereocenters. The zero-order chi connectivity index (χ0) is 24.4. The molecule has 0 atom stereocenters. The summed E-state index contributed by atoms with van der Waals surface area (Å²) in [6, 6.07) is 11.7. The van der Waals surface area contributed by atoms with E-state index in [1.165, 1.54) is 7.11 Å². The van der Waals surface area contributed by atoms with Gasteiger partial charge in [-0.25, -0.2) is 14.3 Å². The van der Waals surface area contributed by atoms with Crippen LogP contribution in [-0.4, -0.2) is 49.4 Å². The highest BCUT2D eigenvalue weighted by Gasteiger charge is 2.22. The van der Waals surface area contributed by atoms with Crippen LogP contribution in [0.3, 0.4) is 0 Å². The molecule has 176 valence electrons. The van der Waals surface area contributed by atoms with Crippen LogP contribution in [0, 0.1) is 13.8 Å². The summed E-state index contributed by atoms with van der Waals surface area (Å²) in [4.78, 5) is 44.4. The molecule has 11 heteroatoms. The first-order valence-corrected chi connectivity index (χ1v) is 11.5. The number of nitrogens with zero attached hydrogens (tertiary/aromatic N) is 4. The van der Waals surface area contributed by atoms with Crippen LogP contribution in [0.1, 0.15) is 21.6 Å². The summed E-state index contributed by atoms with van der Waals surface area (Å²) in [7, 11) is 1.48. The number of nitrogen functional groups attached to an aromatic ring is 1. The fourth-order valence-corrected chi connectivity index (χ4v) is 4.58. The fraction of sp³-hybridized carbons (Fsp3) is 0.261. The quantitative estimate of drug-likeness (QED) is 0.289. The number of rotatable bonds is 8. The van der Waals surface area contributed by atoms with Gasteiger partial charge in [0.25, 0.3) is 5.56 Å². The number of fused-ring (bicyclic) bond motifs is 1. The zero-order valence-corrected chi connectivity index (χ0v) is 19.8. The SMILES string of the molecule is COCCn1c(N)c(C(=O)CSc2nc(-c3ccccc3)c3c(C)cc(C)nn23)c(=O)[nH]c1=O. The topological polar surface area (TPSA) is 137 Å². The molecule has 0 radical (unpaired) electrons. The Bertz CT molecular complexity index is 1490. The van der Waals surface area contributed by atoms with Crippen molar-refractivity contribution in [1.29, 1.82) is 0 Å². The van der Waals surface area contributed by atoms with Gasteiger partial charge in [-0.2, -0.15) is 5.10 Å². The van der Waals surface area contributed by atoms with E-state index in [4.69, 9.17) is 15.5 Å². The molecular formula is C23H24N6O4S. The number of anilines is 1. The van der Waals surface area contributed by atoms with Crippen LogP contribution in [0.25, 0.3) is 16.8 Å². The highest BCUT2D eigenvalue weighted by molar-refractivity contribution is 7.99. The number of ether oxygens (including phenoxy) is 1. The lowest BCUT2D eigenvalue weighted by atomic mass is 10.1. The Labute approximate surface area is 198 Å². The Morgan fingerprint density at radius 2 is 1.94 bits per heavy atom. The van der Waals surface area contributed by atoms with Crippen molar-refractivity contribution in [2.24, 2.45) is 0 Å². The first-order valence-electron chi connectivity index (χ1n) is 10.5. The van der Waals surface area contributed by atoms with Crippen LogP contribution in [0.2, 0.25) is 0 Å². The average Bonchev–Trinajstić information content (AvgIpc) is 3.16. The standard InChI is InChI=1S/C23H24N6O4S/c1-13-11-14(2)27-29-19(13)18(15-7-5-4-6-8-15)25-23(29)34-12-16(30)17-20(24)28(9-10-33-3)22(32)26-21(17)31/h4-8,11H,9-10,12,24H2,1-3H3,(H,26,31,32). The summed E-state index contributed by atoms with van der Waals surface area (Å²) in [5.74, 6) is -0.811. The summed E-state index contributed by atoms with van der Waals surface area (Å²) >= 11 is 1.15. The normalized spacial score (nSPS) is 11.3. The van der Waals surface area contributed by atoms with Gasteiger partial charge in [-0.15, -0.1) is 0 Å². The number of imidazole rings is 1. The Morgan fingerprint density at radius 3 is 2.65 bits per heavy atom. The number of carbonyl (C=O) groups is 1. The number of aryl methyl sites for hydroxylation is 2. The summed E-state index contributed by atoms with van der Waals surface area (Å²) in [5, 5.41) is 5.11. The monoisotopic (exact) mass is 480 g/mol. The first-order chi connectivity index (χ1) is 16.3. The predicted molar refractivity (Wildman–Crippen MR) is 131 cm³/mol. The van der Waals surface area contributed by atoms with E-state index < -0.39 is 17.0 Å². The predicted octanol–water partition coefficient (Wildman–Crippen LogP) is 2.07. The lowest BCUT2D eigenvalue weighted by molar-refractivity contribution is 0.102. The molecule has 0 aliphatic heterocycles. The minimum Gasteiger partial charge on any atom is -0.384 e. The summed E-state index contributed by atoms with van der Waals surface area (Å²) < 4.78 is 7.82. The Kier molecular flexibility index (Phi) is 6.66. The summed E-state index contributed by atoms with van der Waals surface area (Å²) in [6.45, 7) is 4.18. The summed E-state index contributed by atoms with van der Waals surface area (Å²) in [6.07, 6.45) is 0. The van der Waals surface area contributed by atoms with E-state index in [0.29, 0.717) is 5.16 Å². The second-order valence-electron chi connectivity index (χ2n) is 7.71. The molecule has 0 amide bonds. The molecule has 1 aromatic carbocycles. The van der Waals surface area contributed by atoms with E-state index in [-0.39, 0.29) is 30.3 Å². The van der Waals surface area contributed by atoms with Crippen LogP contribution < -0.4 is 17.0 Å². The number of Topliss-reactive ketones (excluding diaryl/α,β-unsaturated/α-hetero) is 1. The molecule has 4 aromatic rings. The highest BCUT2D eigenvalue weighted by atomic mass is 32.2. The maximum atomic E-state index is 13.0. The number of H-pyrrole nitrogens is 1. The lowest BCUT2D eigenvalue weighted by Gasteiger charge is -2.11. The highest BCUT2D eigenvalue weighted by Crippen LogP contribution is 2.31. The first kappa shape index (κ1) is 23.5. The van der Waals surface area contributed by atoms with Gasteiger partial charge in [0.15, 0.2) is 10.9 Å². The van der Waals surface area contributed by atoms with Crippen LogP contribution in [-0.2, 0) is 11.3 Å². The molecule has 0 bridgehead atoms. The van der Waals surface area contributed by atoms with Crippen molar-refractivity contribution in [1.82, 2.24) is 24.1 Å². The number of nitrogens with one attached hydrogen (secondary N) is 1. The second-order valence-corrected chi connectivity index (χ2v) is 8.66. The molecule has 3 N–H and O–H groups in total. The van der Waals surface area contributed by atoms with Crippen LogP contribution in [0.5, 0.6) is 0 Å². The van der Waals surface area contributed by atoms with E-state index in [9.17, 15) is 14.4 Å². The number of aromatic nitrogens is 5. The molecule has 3 aromatic heterocycles. The van der Waals surface area contributed by atoms with Gasteiger partial charge in [0.1, 0.15) is 11.4 Å². The molecule has 4 rings (SSSR count). The van der Waals surface area contributed by atoms with Crippen molar-refractivity contribution in [2.75, 3.05) is 25.2 Å². The smallest absolute Gasteiger partial charge is 0.330 e. The van der Waals surface area contributed by atoms with Crippen molar-refractivity contribution < 1.29 is 9.53 Å². The maximum absolute atomic E-state index is 13.0. The second kappa shape index (κ2) is 9.65. The number of methoxy groups -OCH3 is 1. The number of hydrogen-bond donors (Lipinski definition) is 2. The van der Waals surface area contributed by atoms with Crippen LogP contribution >= 0.6 is 11.8 Å². The minimum absolute atomic E-state index is 0.110. The number of hydrogen-bond acceptors (Lipinski definition) is 8. The molecule has 10 nitrogen and oxygen atoms in total. The van der Waals surface area contributed by atoms with Gasteiger partial charge in [-0.05, 0) is 25.5 Å². The zero-order valence-electron chi connectivity index (χ0n) is 19.0. The van der Waals surface area contributed by atoms with Crippen molar-refractivity contribution in [2.45, 2.75) is 25.5 Å². The summed E-state index contributed by atoms with van der Waals surface area (Å²) in [5.41, 5.74) is 8.61. The van der Waals surface area contributed by atoms with Gasteiger partial charge in [-0.3, -0.25) is 19.1 Å². The maximum Gasteiger partial charge on any atom is 0.330 e. The molecule has 0 spiro atoms. The van der Waals surface area contributed by atoms with Gasteiger partial charge < -0.3 is 10.5 Å². The van der Waals surface area contributed by atoms with Crippen molar-refractivity contribution in [3.05, 3.63) is 74.1 Å². The molecular weight excluding hydrogens is 456 g/mol. The Hall–Kier alpha value is -3.70.